The Morgan fingerprint density at radius 3 is 2.46 bits per heavy atom. The third-order valence-corrected chi connectivity index (χ3v) is 3.56. The minimum Gasteiger partial charge on any atom is -0.490 e. The zero-order valence-electron chi connectivity index (χ0n) is 15.1. The molecule has 0 amide bonds. The van der Waals surface area contributed by atoms with Crippen LogP contribution in [0.4, 0.5) is 0 Å². The van der Waals surface area contributed by atoms with Crippen molar-refractivity contribution in [1.29, 1.82) is 0 Å². The minimum absolute atomic E-state index is 0.0203. The molecule has 1 aromatic carbocycles. The molecule has 0 saturated carbocycles. The summed E-state index contributed by atoms with van der Waals surface area (Å²) in [6.07, 6.45) is 0.545. The average molecular weight is 358 g/mol. The first-order valence-electron chi connectivity index (χ1n) is 8.32. The predicted octanol–water partition coefficient (Wildman–Crippen LogP) is 4.11. The summed E-state index contributed by atoms with van der Waals surface area (Å²) < 4.78 is 11.4. The van der Waals surface area contributed by atoms with Crippen LogP contribution in [0.3, 0.4) is 0 Å². The van der Waals surface area contributed by atoms with Gasteiger partial charge in [0.25, 0.3) is 0 Å². The Hall–Kier alpha value is -1.46. The highest BCUT2D eigenvalue weighted by molar-refractivity contribution is 6.32. The second kappa shape index (κ2) is 9.74. The van der Waals surface area contributed by atoms with E-state index >= 15 is 0 Å². The summed E-state index contributed by atoms with van der Waals surface area (Å²) >= 11 is 6.33. The van der Waals surface area contributed by atoms with Gasteiger partial charge in [0.15, 0.2) is 11.5 Å². The van der Waals surface area contributed by atoms with Crippen LogP contribution in [0.25, 0.3) is 0 Å². The summed E-state index contributed by atoms with van der Waals surface area (Å²) in [6, 6.07) is 3.03. The average Bonchev–Trinajstić information content (AvgIpc) is 2.46. The summed E-state index contributed by atoms with van der Waals surface area (Å²) in [5.41, 5.74) is 0.856. The Kier molecular flexibility index (Phi) is 8.36. The number of hydrogen-bond donors (Lipinski definition) is 2. The van der Waals surface area contributed by atoms with E-state index < -0.39 is 12.0 Å². The number of aliphatic carboxylic acids is 1. The van der Waals surface area contributed by atoms with Crippen LogP contribution in [0.5, 0.6) is 11.5 Å². The molecule has 0 aromatic heterocycles. The van der Waals surface area contributed by atoms with Gasteiger partial charge in [-0.15, -0.1) is 0 Å². The molecule has 0 spiro atoms. The van der Waals surface area contributed by atoms with Crippen molar-refractivity contribution in [3.05, 3.63) is 22.7 Å². The first-order chi connectivity index (χ1) is 11.2. The highest BCUT2D eigenvalue weighted by atomic mass is 35.5. The van der Waals surface area contributed by atoms with Crippen molar-refractivity contribution in [2.75, 3.05) is 6.61 Å². The number of carboxylic acid groups (broad SMARTS) is 1. The summed E-state index contributed by atoms with van der Waals surface area (Å²) in [7, 11) is 0. The Balaban J connectivity index is 2.93. The third kappa shape index (κ3) is 6.57. The molecule has 136 valence electrons. The maximum absolute atomic E-state index is 11.3. The molecule has 0 aliphatic rings. The van der Waals surface area contributed by atoms with Crippen molar-refractivity contribution < 1.29 is 19.4 Å². The molecular weight excluding hydrogens is 330 g/mol. The van der Waals surface area contributed by atoms with E-state index in [-0.39, 0.29) is 6.10 Å². The van der Waals surface area contributed by atoms with Gasteiger partial charge in [-0.25, -0.2) is 0 Å². The first kappa shape index (κ1) is 20.6. The normalized spacial score (nSPS) is 12.5. The minimum atomic E-state index is -0.848. The van der Waals surface area contributed by atoms with E-state index in [1.54, 1.807) is 6.07 Å². The number of hydrogen-bond acceptors (Lipinski definition) is 4. The molecule has 0 bridgehead atoms. The molecule has 5 nitrogen and oxygen atoms in total. The molecule has 0 aliphatic heterocycles. The number of halogens is 1. The Morgan fingerprint density at radius 2 is 1.96 bits per heavy atom. The van der Waals surface area contributed by atoms with Crippen LogP contribution in [0, 0.1) is 5.92 Å². The topological polar surface area (TPSA) is 67.8 Å². The largest absolute Gasteiger partial charge is 0.490 e. The number of rotatable bonds is 10. The standard InChI is InChI=1S/C18H28ClNO4/c1-6-23-16-9-13(8-14(19)17(16)24-12(4)5)10-20-15(18(21)22)7-11(2)3/h8-9,11-12,15,20H,6-7,10H2,1-5H3,(H,21,22). The van der Waals surface area contributed by atoms with E-state index in [4.69, 9.17) is 21.1 Å². The van der Waals surface area contributed by atoms with Gasteiger partial charge in [-0.3, -0.25) is 4.79 Å². The van der Waals surface area contributed by atoms with Crippen LogP contribution < -0.4 is 14.8 Å². The second-order valence-corrected chi connectivity index (χ2v) is 6.81. The number of nitrogens with one attached hydrogen (secondary N) is 1. The van der Waals surface area contributed by atoms with Gasteiger partial charge < -0.3 is 19.9 Å². The van der Waals surface area contributed by atoms with Gasteiger partial charge in [0, 0.05) is 6.54 Å². The van der Waals surface area contributed by atoms with E-state index in [1.807, 2.05) is 40.7 Å². The summed E-state index contributed by atoms with van der Waals surface area (Å²) in [4.78, 5) is 11.3. The molecule has 0 saturated heterocycles. The smallest absolute Gasteiger partial charge is 0.320 e. The van der Waals surface area contributed by atoms with Crippen LogP contribution in [0.15, 0.2) is 12.1 Å². The van der Waals surface area contributed by atoms with Gasteiger partial charge in [0.05, 0.1) is 17.7 Å². The number of ether oxygens (including phenoxy) is 2. The van der Waals surface area contributed by atoms with Crippen LogP contribution in [0.2, 0.25) is 5.02 Å². The van der Waals surface area contributed by atoms with Crippen molar-refractivity contribution >= 4 is 17.6 Å². The molecule has 0 fully saturated rings. The van der Waals surface area contributed by atoms with E-state index in [0.29, 0.717) is 42.0 Å². The maximum atomic E-state index is 11.3. The molecular formula is C18H28ClNO4. The summed E-state index contributed by atoms with van der Waals surface area (Å²) in [5.74, 6) is 0.544. The van der Waals surface area contributed by atoms with Gasteiger partial charge in [-0.1, -0.05) is 25.4 Å². The number of carbonyl (C=O) groups is 1. The van der Waals surface area contributed by atoms with Crippen molar-refractivity contribution in [2.24, 2.45) is 5.92 Å². The molecule has 1 aromatic rings. The first-order valence-corrected chi connectivity index (χ1v) is 8.70. The lowest BCUT2D eigenvalue weighted by atomic mass is 10.0. The fourth-order valence-electron chi connectivity index (χ4n) is 2.32. The monoisotopic (exact) mass is 357 g/mol. The van der Waals surface area contributed by atoms with Gasteiger partial charge in [0.1, 0.15) is 6.04 Å². The molecule has 0 heterocycles. The molecule has 0 radical (unpaired) electrons. The molecule has 0 aliphatic carbocycles. The van der Waals surface area contributed by atoms with E-state index in [9.17, 15) is 9.90 Å². The Bertz CT molecular complexity index is 546. The molecule has 2 N–H and O–H groups in total. The molecule has 6 heteroatoms. The van der Waals surface area contributed by atoms with Crippen molar-refractivity contribution in [3.8, 4) is 11.5 Å². The van der Waals surface area contributed by atoms with Gasteiger partial charge in [-0.05, 0) is 50.8 Å². The maximum Gasteiger partial charge on any atom is 0.320 e. The van der Waals surface area contributed by atoms with Crippen molar-refractivity contribution in [2.45, 2.75) is 59.7 Å². The lowest BCUT2D eigenvalue weighted by Gasteiger charge is -2.19. The van der Waals surface area contributed by atoms with Gasteiger partial charge in [-0.2, -0.15) is 0 Å². The molecule has 1 rings (SSSR count). The van der Waals surface area contributed by atoms with Crippen LogP contribution in [0.1, 0.15) is 46.6 Å². The number of benzene rings is 1. The van der Waals surface area contributed by atoms with Crippen LogP contribution >= 0.6 is 11.6 Å². The molecule has 1 unspecified atom stereocenters. The highest BCUT2D eigenvalue weighted by Crippen LogP contribution is 2.37. The predicted molar refractivity (Wildman–Crippen MR) is 96.1 cm³/mol. The fourth-order valence-corrected chi connectivity index (χ4v) is 2.60. The summed E-state index contributed by atoms with van der Waals surface area (Å²) in [6.45, 7) is 10.6. The summed E-state index contributed by atoms with van der Waals surface area (Å²) in [5, 5.41) is 12.8. The van der Waals surface area contributed by atoms with E-state index in [1.165, 1.54) is 0 Å². The van der Waals surface area contributed by atoms with Crippen molar-refractivity contribution in [3.63, 3.8) is 0 Å². The Morgan fingerprint density at radius 1 is 1.29 bits per heavy atom. The fraction of sp³-hybridized carbons (Fsp3) is 0.611. The Labute approximate surface area is 149 Å². The zero-order valence-corrected chi connectivity index (χ0v) is 15.8. The van der Waals surface area contributed by atoms with Crippen LogP contribution in [-0.2, 0) is 11.3 Å². The quantitative estimate of drug-likeness (QED) is 0.659. The van der Waals surface area contributed by atoms with Crippen molar-refractivity contribution in [1.82, 2.24) is 5.32 Å². The van der Waals surface area contributed by atoms with E-state index in [2.05, 4.69) is 5.32 Å². The van der Waals surface area contributed by atoms with E-state index in [0.717, 1.165) is 5.56 Å². The lowest BCUT2D eigenvalue weighted by Crippen LogP contribution is -2.37. The number of carboxylic acids is 1. The van der Waals surface area contributed by atoms with Gasteiger partial charge in [0.2, 0.25) is 0 Å². The molecule has 24 heavy (non-hydrogen) atoms. The molecule has 1 atom stereocenters. The van der Waals surface area contributed by atoms with Crippen LogP contribution in [-0.4, -0.2) is 29.8 Å². The second-order valence-electron chi connectivity index (χ2n) is 6.41. The third-order valence-electron chi connectivity index (χ3n) is 3.28. The SMILES string of the molecule is CCOc1cc(CNC(CC(C)C)C(=O)O)cc(Cl)c1OC(C)C. The zero-order chi connectivity index (χ0) is 18.3. The lowest BCUT2D eigenvalue weighted by molar-refractivity contribution is -0.140. The van der Waals surface area contributed by atoms with Gasteiger partial charge >= 0.3 is 5.97 Å². The highest BCUT2D eigenvalue weighted by Gasteiger charge is 2.19.